The van der Waals surface area contributed by atoms with Crippen molar-refractivity contribution in [2.24, 2.45) is 56.2 Å². The fourth-order valence-corrected chi connectivity index (χ4v) is 12.1. The monoisotopic (exact) mass is 529 g/mol. The summed E-state index contributed by atoms with van der Waals surface area (Å²) < 4.78 is 5.91. The maximum absolute atomic E-state index is 13.1. The molecule has 0 radical (unpaired) electrons. The quantitative estimate of drug-likeness (QED) is 0.227. The number of hydrogen-bond acceptors (Lipinski definition) is 4. The first-order valence-corrected chi connectivity index (χ1v) is 15.6. The Labute approximate surface area is 231 Å². The van der Waals surface area contributed by atoms with Crippen molar-refractivity contribution >= 4 is 11.9 Å². The van der Waals surface area contributed by atoms with Crippen LogP contribution in [0.4, 0.5) is 0 Å². The number of rotatable bonds is 2. The third-order valence-electron chi connectivity index (χ3n) is 14.5. The van der Waals surface area contributed by atoms with Crippen LogP contribution in [0, 0.1) is 56.2 Å². The minimum Gasteiger partial charge on any atom is -0.462 e. The molecule has 0 spiro atoms. The largest absolute Gasteiger partial charge is 0.462 e. The lowest BCUT2D eigenvalue weighted by Gasteiger charge is -2.73. The Bertz CT molecular complexity index is 991. The molecule has 5 aliphatic carbocycles. The van der Waals surface area contributed by atoms with Crippen LogP contribution in [0.1, 0.15) is 126 Å². The molecular weight excluding hydrogens is 474 g/mol. The Morgan fingerprint density at radius 2 is 1.42 bits per heavy atom. The van der Waals surface area contributed by atoms with Crippen molar-refractivity contribution < 1.29 is 19.5 Å². The zero-order chi connectivity index (χ0) is 28.1. The number of fused-ring (bicyclic) bond motifs is 7. The van der Waals surface area contributed by atoms with Gasteiger partial charge >= 0.3 is 5.97 Å². The molecule has 0 aromatic rings. The van der Waals surface area contributed by atoms with Gasteiger partial charge in [-0.05, 0) is 116 Å². The molecule has 5 rings (SSSR count). The summed E-state index contributed by atoms with van der Waals surface area (Å²) in [5.74, 6) is 2.16. The summed E-state index contributed by atoms with van der Waals surface area (Å²) in [5.41, 5.74) is 0.623. The number of carbonyl (C=O) groups is 2. The van der Waals surface area contributed by atoms with Gasteiger partial charge in [0.15, 0.2) is 0 Å². The van der Waals surface area contributed by atoms with Crippen molar-refractivity contribution in [2.75, 3.05) is 7.05 Å². The number of esters is 1. The highest BCUT2D eigenvalue weighted by atomic mass is 16.5. The van der Waals surface area contributed by atoms with Gasteiger partial charge in [-0.3, -0.25) is 14.8 Å². The SMILES string of the molecule is CC(=O)O[C@H]1CC[C@@]2(C)C(CC[C@]3(C)[C@@H]2CC[C@@H]2[C@H]4C[C@@](C)(C(=O)N(C)O)CC[C@]4(C)CC[C@]23C)C1(C)C. The molecule has 0 heterocycles. The lowest BCUT2D eigenvalue weighted by atomic mass is 9.31. The predicted octanol–water partition coefficient (Wildman–Crippen LogP) is 7.65. The number of hydroxylamine groups is 2. The average molecular weight is 530 g/mol. The van der Waals surface area contributed by atoms with Crippen molar-refractivity contribution in [3.63, 3.8) is 0 Å². The van der Waals surface area contributed by atoms with E-state index >= 15 is 0 Å². The highest BCUT2D eigenvalue weighted by molar-refractivity contribution is 5.81. The van der Waals surface area contributed by atoms with E-state index in [-0.39, 0.29) is 39.6 Å². The summed E-state index contributed by atoms with van der Waals surface area (Å²) in [4.78, 5) is 25.1. The molecule has 216 valence electrons. The zero-order valence-electron chi connectivity index (χ0n) is 25.8. The van der Waals surface area contributed by atoms with Crippen LogP contribution in [0.15, 0.2) is 0 Å². The van der Waals surface area contributed by atoms with Gasteiger partial charge in [-0.1, -0.05) is 48.5 Å². The van der Waals surface area contributed by atoms with Crippen LogP contribution < -0.4 is 0 Å². The van der Waals surface area contributed by atoms with Gasteiger partial charge in [0.25, 0.3) is 5.91 Å². The Morgan fingerprint density at radius 1 is 0.763 bits per heavy atom. The van der Waals surface area contributed by atoms with Gasteiger partial charge in [0, 0.05) is 24.8 Å². The van der Waals surface area contributed by atoms with Gasteiger partial charge in [0.1, 0.15) is 6.10 Å². The van der Waals surface area contributed by atoms with Crippen LogP contribution in [0.3, 0.4) is 0 Å². The van der Waals surface area contributed by atoms with E-state index < -0.39 is 5.41 Å². The maximum Gasteiger partial charge on any atom is 0.302 e. The van der Waals surface area contributed by atoms with E-state index in [9.17, 15) is 14.8 Å². The summed E-state index contributed by atoms with van der Waals surface area (Å²) in [6, 6.07) is 0. The fourth-order valence-electron chi connectivity index (χ4n) is 12.1. The second-order valence-corrected chi connectivity index (χ2v) is 16.5. The Morgan fingerprint density at radius 3 is 2.05 bits per heavy atom. The molecule has 5 saturated carbocycles. The summed E-state index contributed by atoms with van der Waals surface area (Å²) in [6.07, 6.45) is 12.6. The number of carbonyl (C=O) groups excluding carboxylic acids is 2. The van der Waals surface area contributed by atoms with Gasteiger partial charge in [-0.15, -0.1) is 0 Å². The lowest BCUT2D eigenvalue weighted by Crippen LogP contribution is -2.67. The average Bonchev–Trinajstić information content (AvgIpc) is 2.82. The molecule has 0 aromatic carbocycles. The van der Waals surface area contributed by atoms with E-state index in [1.165, 1.54) is 45.6 Å². The number of hydrogen-bond donors (Lipinski definition) is 1. The van der Waals surface area contributed by atoms with E-state index in [1.807, 2.05) is 0 Å². The molecule has 0 aromatic heterocycles. The van der Waals surface area contributed by atoms with E-state index in [1.54, 1.807) is 6.92 Å². The van der Waals surface area contributed by atoms with E-state index in [4.69, 9.17) is 4.74 Å². The third kappa shape index (κ3) is 3.72. The number of ether oxygens (including phenoxy) is 1. The van der Waals surface area contributed by atoms with Gasteiger partial charge in [-0.2, -0.15) is 0 Å². The molecule has 38 heavy (non-hydrogen) atoms. The fraction of sp³-hybridized carbons (Fsp3) is 0.939. The molecule has 0 aliphatic heterocycles. The van der Waals surface area contributed by atoms with Crippen LogP contribution in [-0.2, 0) is 14.3 Å². The van der Waals surface area contributed by atoms with E-state index in [0.717, 1.165) is 37.2 Å². The summed E-state index contributed by atoms with van der Waals surface area (Å²) in [7, 11) is 1.50. The first-order valence-electron chi connectivity index (χ1n) is 15.6. The highest BCUT2D eigenvalue weighted by Crippen LogP contribution is 2.77. The smallest absolute Gasteiger partial charge is 0.302 e. The second kappa shape index (κ2) is 8.70. The second-order valence-electron chi connectivity index (χ2n) is 16.5. The molecular formula is C33H55NO4. The van der Waals surface area contributed by atoms with E-state index in [0.29, 0.717) is 29.1 Å². The van der Waals surface area contributed by atoms with Crippen molar-refractivity contribution in [1.82, 2.24) is 5.06 Å². The number of amides is 1. The maximum atomic E-state index is 13.1. The van der Waals surface area contributed by atoms with Crippen LogP contribution in [0.2, 0.25) is 0 Å². The molecule has 10 atom stereocenters. The molecule has 0 saturated heterocycles. The van der Waals surface area contributed by atoms with Crippen LogP contribution in [0.5, 0.6) is 0 Å². The van der Waals surface area contributed by atoms with Crippen molar-refractivity contribution in [3.8, 4) is 0 Å². The Hall–Kier alpha value is -1.10. The first-order chi connectivity index (χ1) is 17.4. The minimum atomic E-state index is -0.466. The predicted molar refractivity (Wildman–Crippen MR) is 149 cm³/mol. The minimum absolute atomic E-state index is 0.00917. The van der Waals surface area contributed by atoms with Gasteiger partial charge in [0.2, 0.25) is 0 Å². The normalized spacial score (nSPS) is 51.5. The van der Waals surface area contributed by atoms with Crippen LogP contribution in [-0.4, -0.2) is 35.3 Å². The van der Waals surface area contributed by atoms with Crippen molar-refractivity contribution in [2.45, 2.75) is 132 Å². The molecule has 1 N–H and O–H groups in total. The van der Waals surface area contributed by atoms with E-state index in [2.05, 4.69) is 48.5 Å². The molecule has 5 nitrogen and oxygen atoms in total. The molecule has 5 fully saturated rings. The summed E-state index contributed by atoms with van der Waals surface area (Å²) in [5, 5.41) is 10.9. The van der Waals surface area contributed by atoms with Gasteiger partial charge < -0.3 is 4.74 Å². The van der Waals surface area contributed by atoms with Crippen molar-refractivity contribution in [3.05, 3.63) is 0 Å². The number of nitrogens with zero attached hydrogens (tertiary/aromatic N) is 1. The molecule has 5 heteroatoms. The third-order valence-corrected chi connectivity index (χ3v) is 14.5. The topological polar surface area (TPSA) is 66.8 Å². The van der Waals surface area contributed by atoms with Crippen LogP contribution in [0.25, 0.3) is 0 Å². The van der Waals surface area contributed by atoms with Gasteiger partial charge in [0.05, 0.1) is 0 Å². The summed E-state index contributed by atoms with van der Waals surface area (Å²) >= 11 is 0. The standard InChI is InChI=1S/C33H55NO4/c1-21(35)38-26-13-14-31(6)24(28(26,2)3)12-15-33(8)25(31)11-10-22-23-20-30(5,27(36)34(9)37)17-16-29(23,4)18-19-32(22,33)7/h22-26,37H,10-20H2,1-9H3/t22-,23-,24?,25-,26+,29-,30+,31+,32-,33-/m1/s1. The highest BCUT2D eigenvalue weighted by Gasteiger charge is 2.70. The molecule has 0 bridgehead atoms. The molecule has 5 aliphatic rings. The Kier molecular flexibility index (Phi) is 6.51. The molecule has 1 amide bonds. The first kappa shape index (κ1) is 28.4. The lowest BCUT2D eigenvalue weighted by molar-refractivity contribution is -0.255. The van der Waals surface area contributed by atoms with Gasteiger partial charge in [-0.25, -0.2) is 5.06 Å². The van der Waals surface area contributed by atoms with Crippen molar-refractivity contribution in [1.29, 1.82) is 0 Å². The summed E-state index contributed by atoms with van der Waals surface area (Å²) in [6.45, 7) is 18.8. The van der Waals surface area contributed by atoms with Crippen LogP contribution >= 0.6 is 0 Å². The zero-order valence-corrected chi connectivity index (χ0v) is 25.8. The Balaban J connectivity index is 1.47. The molecule has 1 unspecified atom stereocenters.